The molecule has 0 saturated heterocycles. The Morgan fingerprint density at radius 3 is 2.31 bits per heavy atom. The first kappa shape index (κ1) is 13.1. The third-order valence-corrected chi connectivity index (χ3v) is 5.51. The molecule has 0 aromatic rings. The zero-order chi connectivity index (χ0) is 11.3. The van der Waals surface area contributed by atoms with Crippen LogP contribution in [-0.4, -0.2) is 16.6 Å². The van der Waals surface area contributed by atoms with Crippen LogP contribution in [0.2, 0.25) is 0 Å². The van der Waals surface area contributed by atoms with Gasteiger partial charge in [-0.3, -0.25) is 0 Å². The second kappa shape index (κ2) is 6.58. The Balaban J connectivity index is 1.68. The molecule has 0 bridgehead atoms. The lowest BCUT2D eigenvalue weighted by atomic mass is 9.97. The van der Waals surface area contributed by atoms with Crippen molar-refractivity contribution in [2.45, 2.75) is 69.8 Å². The van der Waals surface area contributed by atoms with Crippen LogP contribution in [0, 0.1) is 5.92 Å². The van der Waals surface area contributed by atoms with Crippen LogP contribution in [0.5, 0.6) is 0 Å². The summed E-state index contributed by atoms with van der Waals surface area (Å²) >= 11 is 2.53. The predicted octanol–water partition coefficient (Wildman–Crippen LogP) is 4.72. The Morgan fingerprint density at radius 2 is 1.75 bits per heavy atom. The molecule has 0 spiro atoms. The smallest absolute Gasteiger partial charge is 0.0771 e. The van der Waals surface area contributed by atoms with Crippen molar-refractivity contribution in [2.24, 2.45) is 5.92 Å². The summed E-state index contributed by atoms with van der Waals surface area (Å²) in [7, 11) is 0. The van der Waals surface area contributed by atoms with Gasteiger partial charge in [0.25, 0.3) is 0 Å². The number of halogens is 1. The molecule has 2 fully saturated rings. The average Bonchev–Trinajstić information content (AvgIpc) is 3.13. The van der Waals surface area contributed by atoms with Gasteiger partial charge < -0.3 is 4.74 Å². The molecule has 1 nitrogen and oxygen atoms in total. The van der Waals surface area contributed by atoms with E-state index < -0.39 is 0 Å². The lowest BCUT2D eigenvalue weighted by Crippen LogP contribution is -2.34. The maximum atomic E-state index is 6.27. The Hall–Kier alpha value is 0.690. The van der Waals surface area contributed by atoms with E-state index in [0.29, 0.717) is 0 Å². The first-order valence-electron chi connectivity index (χ1n) is 7.05. The van der Waals surface area contributed by atoms with Crippen LogP contribution in [-0.2, 0) is 4.74 Å². The molecule has 0 N–H and O–H groups in total. The summed E-state index contributed by atoms with van der Waals surface area (Å²) in [5, 5.41) is 0. The molecule has 2 heteroatoms. The molecule has 0 amide bonds. The van der Waals surface area contributed by atoms with Crippen LogP contribution < -0.4 is 0 Å². The van der Waals surface area contributed by atoms with E-state index in [2.05, 4.69) is 22.6 Å². The molecule has 0 unspecified atom stereocenters. The number of ether oxygens (including phenoxy) is 1. The van der Waals surface area contributed by atoms with Crippen molar-refractivity contribution < 1.29 is 4.74 Å². The average molecular weight is 336 g/mol. The van der Waals surface area contributed by atoms with Crippen molar-refractivity contribution in [1.82, 2.24) is 0 Å². The first-order chi connectivity index (χ1) is 7.85. The minimum absolute atomic E-state index is 0.251. The van der Waals surface area contributed by atoms with E-state index >= 15 is 0 Å². The molecule has 2 rings (SSSR count). The maximum absolute atomic E-state index is 6.27. The summed E-state index contributed by atoms with van der Waals surface area (Å²) in [6.07, 6.45) is 13.9. The highest BCUT2D eigenvalue weighted by Gasteiger charge is 2.30. The minimum Gasteiger partial charge on any atom is -0.374 e. The van der Waals surface area contributed by atoms with Crippen LogP contribution in [0.4, 0.5) is 0 Å². The molecule has 0 aliphatic heterocycles. The van der Waals surface area contributed by atoms with E-state index in [0.717, 1.165) is 12.5 Å². The SMILES string of the molecule is ICC1(OCCCC2CC2)CCCCCC1. The molecule has 2 saturated carbocycles. The van der Waals surface area contributed by atoms with Crippen molar-refractivity contribution in [3.05, 3.63) is 0 Å². The van der Waals surface area contributed by atoms with Gasteiger partial charge in [0.1, 0.15) is 0 Å². The molecule has 0 radical (unpaired) electrons. The number of rotatable bonds is 6. The van der Waals surface area contributed by atoms with Gasteiger partial charge in [0.15, 0.2) is 0 Å². The van der Waals surface area contributed by atoms with Crippen LogP contribution >= 0.6 is 22.6 Å². The summed E-state index contributed by atoms with van der Waals surface area (Å²) in [6.45, 7) is 1.01. The van der Waals surface area contributed by atoms with Gasteiger partial charge in [-0.05, 0) is 31.6 Å². The molecular weight excluding hydrogens is 311 g/mol. The summed E-state index contributed by atoms with van der Waals surface area (Å²) in [4.78, 5) is 0. The zero-order valence-corrected chi connectivity index (χ0v) is 12.5. The molecule has 0 heterocycles. The zero-order valence-electron chi connectivity index (χ0n) is 10.3. The lowest BCUT2D eigenvalue weighted by Gasteiger charge is -2.31. The predicted molar refractivity (Wildman–Crippen MR) is 77.2 cm³/mol. The van der Waals surface area contributed by atoms with E-state index in [9.17, 15) is 0 Å². The quantitative estimate of drug-likeness (QED) is 0.295. The van der Waals surface area contributed by atoms with E-state index in [1.54, 1.807) is 0 Å². The Kier molecular flexibility index (Phi) is 5.40. The Labute approximate surface area is 114 Å². The highest BCUT2D eigenvalue weighted by molar-refractivity contribution is 14.1. The van der Waals surface area contributed by atoms with Gasteiger partial charge in [0.2, 0.25) is 0 Å². The standard InChI is InChI=1S/C14H25IO/c15-12-14(9-3-1-2-4-10-14)16-11-5-6-13-7-8-13/h13H,1-12H2. The fourth-order valence-corrected chi connectivity index (χ4v) is 3.74. The van der Waals surface area contributed by atoms with Gasteiger partial charge >= 0.3 is 0 Å². The fourth-order valence-electron chi connectivity index (χ4n) is 2.76. The normalized spacial score (nSPS) is 25.3. The van der Waals surface area contributed by atoms with Crippen molar-refractivity contribution >= 4 is 22.6 Å². The van der Waals surface area contributed by atoms with Crippen molar-refractivity contribution in [2.75, 3.05) is 11.0 Å². The molecule has 2 aliphatic carbocycles. The summed E-state index contributed by atoms with van der Waals surface area (Å²) < 4.78 is 7.46. The lowest BCUT2D eigenvalue weighted by molar-refractivity contribution is -0.0378. The number of alkyl halides is 1. The van der Waals surface area contributed by atoms with E-state index in [-0.39, 0.29) is 5.60 Å². The Morgan fingerprint density at radius 1 is 1.06 bits per heavy atom. The largest absolute Gasteiger partial charge is 0.374 e. The summed E-state index contributed by atoms with van der Waals surface area (Å²) in [5.74, 6) is 1.06. The summed E-state index contributed by atoms with van der Waals surface area (Å²) in [5.41, 5.74) is 0.251. The third kappa shape index (κ3) is 4.17. The Bertz CT molecular complexity index is 193. The van der Waals surface area contributed by atoms with Crippen molar-refractivity contribution in [3.8, 4) is 0 Å². The number of hydrogen-bond donors (Lipinski definition) is 0. The van der Waals surface area contributed by atoms with Gasteiger partial charge in [-0.25, -0.2) is 0 Å². The fraction of sp³-hybridized carbons (Fsp3) is 1.00. The molecule has 0 aromatic heterocycles. The molecule has 0 atom stereocenters. The molecular formula is C14H25IO. The van der Waals surface area contributed by atoms with Gasteiger partial charge in [-0.15, -0.1) is 0 Å². The monoisotopic (exact) mass is 336 g/mol. The van der Waals surface area contributed by atoms with Crippen molar-refractivity contribution in [1.29, 1.82) is 0 Å². The van der Waals surface area contributed by atoms with Crippen LogP contribution in [0.25, 0.3) is 0 Å². The molecule has 16 heavy (non-hydrogen) atoms. The van der Waals surface area contributed by atoms with E-state index in [1.807, 2.05) is 0 Å². The van der Waals surface area contributed by atoms with Crippen LogP contribution in [0.3, 0.4) is 0 Å². The summed E-state index contributed by atoms with van der Waals surface area (Å²) in [6, 6.07) is 0. The molecule has 2 aliphatic rings. The third-order valence-electron chi connectivity index (χ3n) is 4.12. The number of hydrogen-bond acceptors (Lipinski definition) is 1. The van der Waals surface area contributed by atoms with Gasteiger partial charge in [0, 0.05) is 11.0 Å². The highest BCUT2D eigenvalue weighted by atomic mass is 127. The second-order valence-electron chi connectivity index (χ2n) is 5.66. The topological polar surface area (TPSA) is 9.23 Å². The van der Waals surface area contributed by atoms with Crippen LogP contribution in [0.15, 0.2) is 0 Å². The second-order valence-corrected chi connectivity index (χ2v) is 6.43. The van der Waals surface area contributed by atoms with E-state index in [4.69, 9.17) is 4.74 Å². The van der Waals surface area contributed by atoms with Gasteiger partial charge in [-0.2, -0.15) is 0 Å². The highest BCUT2D eigenvalue weighted by Crippen LogP contribution is 2.35. The van der Waals surface area contributed by atoms with Gasteiger partial charge in [0.05, 0.1) is 5.60 Å². The molecule has 0 aromatic carbocycles. The van der Waals surface area contributed by atoms with Gasteiger partial charge in [-0.1, -0.05) is 61.1 Å². The minimum atomic E-state index is 0.251. The van der Waals surface area contributed by atoms with E-state index in [1.165, 1.54) is 68.6 Å². The van der Waals surface area contributed by atoms with Crippen LogP contribution in [0.1, 0.15) is 64.2 Å². The first-order valence-corrected chi connectivity index (χ1v) is 8.57. The van der Waals surface area contributed by atoms with Crippen molar-refractivity contribution in [3.63, 3.8) is 0 Å². The maximum Gasteiger partial charge on any atom is 0.0771 e. The molecule has 94 valence electrons.